The highest BCUT2D eigenvalue weighted by Crippen LogP contribution is 2.29. The van der Waals surface area contributed by atoms with E-state index in [-0.39, 0.29) is 12.4 Å². The number of benzene rings is 2. The number of halogens is 3. The monoisotopic (exact) mass is 388 g/mol. The molecule has 0 bridgehead atoms. The zero-order valence-corrected chi connectivity index (χ0v) is 13.8. The van der Waals surface area contributed by atoms with Gasteiger partial charge >= 0.3 is 0 Å². The van der Waals surface area contributed by atoms with Crippen molar-refractivity contribution in [2.24, 2.45) is 10.9 Å². The number of nitrogens with zero attached hydrogens (tertiary/aromatic N) is 1. The van der Waals surface area contributed by atoms with Gasteiger partial charge in [0.2, 0.25) is 0 Å². The van der Waals surface area contributed by atoms with Crippen molar-refractivity contribution in [3.8, 4) is 5.75 Å². The number of oxime groups is 1. The molecule has 0 atom stereocenters. The van der Waals surface area contributed by atoms with Gasteiger partial charge in [-0.15, -0.1) is 0 Å². The zero-order chi connectivity index (χ0) is 15.4. The first-order valence-electron chi connectivity index (χ1n) is 5.85. The first-order chi connectivity index (χ1) is 10.0. The van der Waals surface area contributed by atoms with Crippen molar-refractivity contribution in [2.75, 3.05) is 0 Å². The van der Waals surface area contributed by atoms with Crippen LogP contribution in [-0.2, 0) is 6.61 Å². The lowest BCUT2D eigenvalue weighted by atomic mass is 10.1. The van der Waals surface area contributed by atoms with Crippen LogP contribution in [0.25, 0.3) is 0 Å². The number of rotatable bonds is 4. The normalized spacial score (nSPS) is 11.5. The summed E-state index contributed by atoms with van der Waals surface area (Å²) in [6.45, 7) is 0.261. The van der Waals surface area contributed by atoms with Gasteiger partial charge in [-0.2, -0.15) is 0 Å². The minimum absolute atomic E-state index is 0.000299. The quantitative estimate of drug-likeness (QED) is 0.351. The van der Waals surface area contributed by atoms with Crippen LogP contribution in [0.1, 0.15) is 11.1 Å². The van der Waals surface area contributed by atoms with Crippen molar-refractivity contribution in [1.29, 1.82) is 0 Å². The number of ether oxygens (including phenoxy) is 1. The van der Waals surface area contributed by atoms with Crippen LogP contribution in [0.15, 0.2) is 46.0 Å². The van der Waals surface area contributed by atoms with Gasteiger partial charge < -0.3 is 15.7 Å². The molecule has 2 aromatic rings. The van der Waals surface area contributed by atoms with Gasteiger partial charge in [0.1, 0.15) is 12.4 Å². The molecule has 21 heavy (non-hydrogen) atoms. The van der Waals surface area contributed by atoms with E-state index in [1.165, 1.54) is 0 Å². The second-order valence-electron chi connectivity index (χ2n) is 4.15. The molecule has 0 radical (unpaired) electrons. The first kappa shape index (κ1) is 15.9. The molecule has 0 aliphatic carbocycles. The molecular weight excluding hydrogens is 379 g/mol. The van der Waals surface area contributed by atoms with E-state index in [1.54, 1.807) is 30.3 Å². The van der Waals surface area contributed by atoms with E-state index in [0.29, 0.717) is 21.4 Å². The van der Waals surface area contributed by atoms with E-state index in [4.69, 9.17) is 38.9 Å². The molecule has 4 nitrogen and oxygen atoms in total. The molecule has 110 valence electrons. The molecule has 0 fully saturated rings. The van der Waals surface area contributed by atoms with Gasteiger partial charge in [-0.05, 0) is 24.3 Å². The maximum Gasteiger partial charge on any atom is 0.170 e. The van der Waals surface area contributed by atoms with Crippen LogP contribution in [0.5, 0.6) is 5.75 Å². The fourth-order valence-electron chi connectivity index (χ4n) is 1.63. The first-order valence-corrected chi connectivity index (χ1v) is 7.40. The van der Waals surface area contributed by atoms with Crippen molar-refractivity contribution >= 4 is 45.0 Å². The van der Waals surface area contributed by atoms with E-state index in [1.807, 2.05) is 6.07 Å². The van der Waals surface area contributed by atoms with Crippen LogP contribution in [0.4, 0.5) is 0 Å². The minimum atomic E-state index is 0.000299. The van der Waals surface area contributed by atoms with Crippen molar-refractivity contribution in [2.45, 2.75) is 6.61 Å². The summed E-state index contributed by atoms with van der Waals surface area (Å²) in [4.78, 5) is 0. The van der Waals surface area contributed by atoms with Crippen molar-refractivity contribution in [3.05, 3.63) is 62.0 Å². The summed E-state index contributed by atoms with van der Waals surface area (Å²) in [5.41, 5.74) is 6.80. The highest BCUT2D eigenvalue weighted by atomic mass is 79.9. The largest absolute Gasteiger partial charge is 0.487 e. The lowest BCUT2D eigenvalue weighted by Gasteiger charge is -2.10. The molecule has 0 unspecified atom stereocenters. The third-order valence-electron chi connectivity index (χ3n) is 2.73. The maximum absolute atomic E-state index is 8.63. The Morgan fingerprint density at radius 2 is 1.95 bits per heavy atom. The Kier molecular flexibility index (Phi) is 5.33. The molecule has 0 aliphatic rings. The topological polar surface area (TPSA) is 67.8 Å². The highest BCUT2D eigenvalue weighted by Gasteiger charge is 2.07. The van der Waals surface area contributed by atoms with Crippen LogP contribution >= 0.6 is 39.1 Å². The van der Waals surface area contributed by atoms with Crippen LogP contribution < -0.4 is 10.5 Å². The summed E-state index contributed by atoms with van der Waals surface area (Å²) >= 11 is 15.5. The predicted octanol–water partition coefficient (Wildman–Crippen LogP) is 4.43. The smallest absolute Gasteiger partial charge is 0.170 e. The van der Waals surface area contributed by atoms with Crippen molar-refractivity contribution in [1.82, 2.24) is 0 Å². The van der Waals surface area contributed by atoms with Crippen LogP contribution in [0, 0.1) is 0 Å². The Hall–Kier alpha value is -1.43. The summed E-state index contributed by atoms with van der Waals surface area (Å²) < 4.78 is 6.51. The summed E-state index contributed by atoms with van der Waals surface area (Å²) in [5, 5.41) is 12.5. The molecule has 2 rings (SSSR count). The summed E-state index contributed by atoms with van der Waals surface area (Å²) in [7, 11) is 0. The Balaban J connectivity index is 2.13. The molecular formula is C14H11BrCl2N2O2. The van der Waals surface area contributed by atoms with Crippen molar-refractivity contribution in [3.63, 3.8) is 0 Å². The molecule has 0 saturated carbocycles. The average Bonchev–Trinajstić information content (AvgIpc) is 2.46. The SMILES string of the molecule is N/C(=N/O)c1ccc(COc2ccc(Br)cc2Cl)c(Cl)c1. The average molecular weight is 390 g/mol. The lowest BCUT2D eigenvalue weighted by molar-refractivity contribution is 0.306. The molecule has 7 heteroatoms. The predicted molar refractivity (Wildman–Crippen MR) is 87.4 cm³/mol. The number of hydrogen-bond acceptors (Lipinski definition) is 3. The fourth-order valence-corrected chi connectivity index (χ4v) is 2.59. The van der Waals surface area contributed by atoms with E-state index >= 15 is 0 Å². The Morgan fingerprint density at radius 1 is 1.19 bits per heavy atom. The Labute approximate surface area is 140 Å². The Bertz CT molecular complexity index is 693. The molecule has 0 aromatic heterocycles. The molecule has 0 amide bonds. The van der Waals surface area contributed by atoms with Gasteiger partial charge in [0, 0.05) is 20.6 Å². The third-order valence-corrected chi connectivity index (χ3v) is 3.87. The van der Waals surface area contributed by atoms with Crippen LogP contribution in [0.3, 0.4) is 0 Å². The minimum Gasteiger partial charge on any atom is -0.487 e. The molecule has 3 N–H and O–H groups in total. The lowest BCUT2D eigenvalue weighted by Crippen LogP contribution is -2.13. The second-order valence-corrected chi connectivity index (χ2v) is 5.88. The van der Waals surface area contributed by atoms with Gasteiger partial charge in [0.05, 0.1) is 5.02 Å². The van der Waals surface area contributed by atoms with Crippen molar-refractivity contribution < 1.29 is 9.94 Å². The number of nitrogens with two attached hydrogens (primary N) is 1. The van der Waals surface area contributed by atoms with E-state index in [0.717, 1.165) is 10.0 Å². The molecule has 2 aromatic carbocycles. The van der Waals surface area contributed by atoms with E-state index in [9.17, 15) is 0 Å². The number of amidine groups is 1. The standard InChI is InChI=1S/C14H11BrCl2N2O2/c15-10-3-4-13(12(17)6-10)21-7-9-2-1-8(5-11(9)16)14(18)19-20/h1-6,20H,7H2,(H2,18,19). The van der Waals surface area contributed by atoms with Gasteiger partial charge in [0.25, 0.3) is 0 Å². The molecule has 0 spiro atoms. The van der Waals surface area contributed by atoms with Crippen LogP contribution in [0.2, 0.25) is 10.0 Å². The highest BCUT2D eigenvalue weighted by molar-refractivity contribution is 9.10. The van der Waals surface area contributed by atoms with E-state index in [2.05, 4.69) is 21.1 Å². The fraction of sp³-hybridized carbons (Fsp3) is 0.0714. The summed E-state index contributed by atoms with van der Waals surface area (Å²) in [5.74, 6) is 0.566. The maximum atomic E-state index is 8.63. The molecule has 0 aliphatic heterocycles. The van der Waals surface area contributed by atoms with E-state index < -0.39 is 0 Å². The zero-order valence-electron chi connectivity index (χ0n) is 10.7. The third kappa shape index (κ3) is 4.03. The summed E-state index contributed by atoms with van der Waals surface area (Å²) in [6.07, 6.45) is 0. The van der Waals surface area contributed by atoms with Gasteiger partial charge in [0.15, 0.2) is 5.84 Å². The van der Waals surface area contributed by atoms with Gasteiger partial charge in [-0.1, -0.05) is 56.4 Å². The summed E-state index contributed by atoms with van der Waals surface area (Å²) in [6, 6.07) is 10.4. The number of hydrogen-bond donors (Lipinski definition) is 2. The Morgan fingerprint density at radius 3 is 2.57 bits per heavy atom. The van der Waals surface area contributed by atoms with Crippen LogP contribution in [-0.4, -0.2) is 11.0 Å². The molecule has 0 heterocycles. The van der Waals surface area contributed by atoms with Gasteiger partial charge in [-0.3, -0.25) is 0 Å². The second kappa shape index (κ2) is 7.02. The molecule has 0 saturated heterocycles. The van der Waals surface area contributed by atoms with Gasteiger partial charge in [-0.25, -0.2) is 0 Å².